The second kappa shape index (κ2) is 10.1. The zero-order valence-corrected chi connectivity index (χ0v) is 23.3. The number of primary amides is 1. The summed E-state index contributed by atoms with van der Waals surface area (Å²) in [5.41, 5.74) is 5.12. The van der Waals surface area contributed by atoms with Crippen LogP contribution in [-0.2, 0) is 27.3 Å². The van der Waals surface area contributed by atoms with E-state index in [9.17, 15) is 34.8 Å². The third kappa shape index (κ3) is 4.25. The first-order chi connectivity index (χ1) is 19.3. The molecular weight excluding hydrogens is 530 g/mol. The maximum absolute atomic E-state index is 14.1. The Morgan fingerprint density at radius 2 is 1.93 bits per heavy atom. The number of fused-ring (bicyclic) bond motifs is 3. The highest BCUT2D eigenvalue weighted by Gasteiger charge is 2.67. The van der Waals surface area contributed by atoms with E-state index in [1.807, 2.05) is 31.1 Å². The molecule has 12 nitrogen and oxygen atoms in total. The fourth-order valence-electron chi connectivity index (χ4n) is 6.90. The number of aromatic nitrogens is 1. The molecule has 0 saturated heterocycles. The first kappa shape index (κ1) is 28.5. The molecule has 3 aliphatic carbocycles. The molecule has 0 bridgehead atoms. The number of carbonyl (C=O) groups excluding carboxylic acids is 3. The molecule has 0 radical (unpaired) electrons. The molecule has 1 heterocycles. The van der Waals surface area contributed by atoms with E-state index in [2.05, 4.69) is 10.3 Å². The van der Waals surface area contributed by atoms with Gasteiger partial charge in [-0.25, -0.2) is 0 Å². The standard InChI is InChI=1S/C29H35N5O7/c1-33(2)18-10-14(11-32-15-6-5-7-31-12-15)23(35)20-16(18)8-13-9-17-22(34(3)4)25(37)21(28(30)40)27(39)29(17,41)26(38)19(13)24(20)36/h5-7,10,12-13,17,21-22,25,32,35-37,41H,8-9,11H2,1-4H3,(H2,30,40)/t13-,17-,21?,22-,25-,29-/m0/s1. The Morgan fingerprint density at radius 1 is 1.22 bits per heavy atom. The Kier molecular flexibility index (Phi) is 7.04. The molecule has 2 aromatic rings. The smallest absolute Gasteiger partial charge is 0.230 e. The number of aromatic hydroxyl groups is 1. The number of phenols is 1. The van der Waals surface area contributed by atoms with E-state index in [1.54, 1.807) is 37.5 Å². The topological polar surface area (TPSA) is 190 Å². The third-order valence-electron chi connectivity index (χ3n) is 8.77. The molecule has 3 aliphatic rings. The van der Waals surface area contributed by atoms with Crippen LogP contribution >= 0.6 is 0 Å². The van der Waals surface area contributed by atoms with Gasteiger partial charge in [-0.1, -0.05) is 0 Å². The normalized spacial score (nSPS) is 29.1. The lowest BCUT2D eigenvalue weighted by molar-refractivity contribution is -0.184. The van der Waals surface area contributed by atoms with Crippen molar-refractivity contribution in [1.29, 1.82) is 0 Å². The molecule has 0 spiro atoms. The van der Waals surface area contributed by atoms with Crippen LogP contribution in [0.5, 0.6) is 5.75 Å². The number of nitrogens with zero attached hydrogens (tertiary/aromatic N) is 3. The van der Waals surface area contributed by atoms with Crippen molar-refractivity contribution in [1.82, 2.24) is 9.88 Å². The zero-order valence-electron chi connectivity index (χ0n) is 23.3. The van der Waals surface area contributed by atoms with Gasteiger partial charge in [-0.15, -0.1) is 0 Å². The highest BCUT2D eigenvalue weighted by Crippen LogP contribution is 2.53. The second-order valence-corrected chi connectivity index (χ2v) is 11.5. The van der Waals surface area contributed by atoms with Crippen LogP contribution in [0.15, 0.2) is 36.2 Å². The van der Waals surface area contributed by atoms with Crippen molar-refractivity contribution in [2.24, 2.45) is 23.5 Å². The Labute approximate surface area is 237 Å². The lowest BCUT2D eigenvalue weighted by Crippen LogP contribution is -2.73. The lowest BCUT2D eigenvalue weighted by atomic mass is 9.54. The number of nitrogens with one attached hydrogen (secondary N) is 1. The minimum atomic E-state index is -2.69. The third-order valence-corrected chi connectivity index (χ3v) is 8.77. The molecule has 5 rings (SSSR count). The molecule has 12 heteroatoms. The molecule has 7 N–H and O–H groups in total. The molecule has 2 fully saturated rings. The van der Waals surface area contributed by atoms with Crippen molar-refractivity contribution >= 4 is 34.6 Å². The van der Waals surface area contributed by atoms with Crippen molar-refractivity contribution in [3.63, 3.8) is 0 Å². The number of aliphatic hydroxyl groups is 3. The Hall–Kier alpha value is -4.00. The van der Waals surface area contributed by atoms with Gasteiger partial charge in [0.15, 0.2) is 11.4 Å². The predicted molar refractivity (Wildman–Crippen MR) is 150 cm³/mol. The molecule has 1 unspecified atom stereocenters. The molecule has 0 aliphatic heterocycles. The Morgan fingerprint density at radius 3 is 2.51 bits per heavy atom. The monoisotopic (exact) mass is 565 g/mol. The summed E-state index contributed by atoms with van der Waals surface area (Å²) in [6, 6.07) is 4.45. The molecule has 1 aromatic heterocycles. The van der Waals surface area contributed by atoms with E-state index in [-0.39, 0.29) is 36.3 Å². The minimum Gasteiger partial charge on any atom is -0.507 e. The average Bonchev–Trinajstić information content (AvgIpc) is 2.90. The number of hydrogen-bond acceptors (Lipinski definition) is 11. The number of pyridine rings is 1. The van der Waals surface area contributed by atoms with Crippen LogP contribution in [0.4, 0.5) is 11.4 Å². The van der Waals surface area contributed by atoms with Gasteiger partial charge in [-0.3, -0.25) is 19.4 Å². The number of aliphatic hydroxyl groups excluding tert-OH is 2. The quantitative estimate of drug-likeness (QED) is 0.263. The van der Waals surface area contributed by atoms with Gasteiger partial charge in [-0.2, -0.15) is 0 Å². The molecule has 2 saturated carbocycles. The lowest BCUT2D eigenvalue weighted by Gasteiger charge is -2.53. The van der Waals surface area contributed by atoms with Gasteiger partial charge >= 0.3 is 0 Å². The van der Waals surface area contributed by atoms with Gasteiger partial charge in [-0.05, 0) is 56.6 Å². The summed E-state index contributed by atoms with van der Waals surface area (Å²) in [6.45, 7) is 0.179. The summed E-state index contributed by atoms with van der Waals surface area (Å²) in [4.78, 5) is 47.3. The fraction of sp³-hybridized carbons (Fsp3) is 0.448. The van der Waals surface area contributed by atoms with Crippen LogP contribution in [0.1, 0.15) is 23.1 Å². The van der Waals surface area contributed by atoms with Gasteiger partial charge in [0.1, 0.15) is 17.4 Å². The summed E-state index contributed by atoms with van der Waals surface area (Å²) >= 11 is 0. The summed E-state index contributed by atoms with van der Waals surface area (Å²) in [5, 5.41) is 48.9. The highest BCUT2D eigenvalue weighted by molar-refractivity contribution is 6.25. The molecule has 41 heavy (non-hydrogen) atoms. The number of amides is 1. The fourth-order valence-corrected chi connectivity index (χ4v) is 6.90. The molecular formula is C29H35N5O7. The first-order valence-electron chi connectivity index (χ1n) is 13.4. The van der Waals surface area contributed by atoms with E-state index in [0.29, 0.717) is 16.8 Å². The van der Waals surface area contributed by atoms with Crippen LogP contribution in [0, 0.1) is 17.8 Å². The van der Waals surface area contributed by atoms with Crippen molar-refractivity contribution in [2.75, 3.05) is 38.4 Å². The van der Waals surface area contributed by atoms with Crippen molar-refractivity contribution in [3.05, 3.63) is 52.9 Å². The van der Waals surface area contributed by atoms with Crippen molar-refractivity contribution in [2.45, 2.75) is 37.1 Å². The van der Waals surface area contributed by atoms with E-state index < -0.39 is 58.7 Å². The molecule has 218 valence electrons. The van der Waals surface area contributed by atoms with Gasteiger partial charge in [0, 0.05) is 61.8 Å². The molecule has 1 amide bonds. The number of benzene rings is 1. The first-order valence-corrected chi connectivity index (χ1v) is 13.4. The minimum absolute atomic E-state index is 0.0553. The van der Waals surface area contributed by atoms with Crippen LogP contribution in [0.3, 0.4) is 0 Å². The van der Waals surface area contributed by atoms with Crippen molar-refractivity contribution < 1.29 is 34.8 Å². The van der Waals surface area contributed by atoms with Crippen LogP contribution in [0.2, 0.25) is 0 Å². The summed E-state index contributed by atoms with van der Waals surface area (Å²) in [6.07, 6.45) is 2.03. The number of carbonyl (C=O) groups is 3. The van der Waals surface area contributed by atoms with Crippen LogP contribution in [-0.4, -0.2) is 93.7 Å². The highest BCUT2D eigenvalue weighted by atomic mass is 16.3. The number of anilines is 2. The average molecular weight is 566 g/mol. The summed E-state index contributed by atoms with van der Waals surface area (Å²) in [7, 11) is 6.90. The maximum Gasteiger partial charge on any atom is 0.230 e. The summed E-state index contributed by atoms with van der Waals surface area (Å²) in [5.74, 6) is -7.61. The van der Waals surface area contributed by atoms with E-state index in [0.717, 1.165) is 5.69 Å². The number of ketones is 2. The molecule has 1 aromatic carbocycles. The van der Waals surface area contributed by atoms with Gasteiger partial charge in [0.2, 0.25) is 11.7 Å². The summed E-state index contributed by atoms with van der Waals surface area (Å²) < 4.78 is 0. The van der Waals surface area contributed by atoms with Crippen LogP contribution < -0.4 is 16.0 Å². The SMILES string of the molecule is CN(C)c1cc(CNc2cccnc2)c(O)c2c1C[C@H]1C[C@H]3[C@H](N(C)C)[C@@H](O)C(C(N)=O)C(=O)[C@@]3(O)C(=O)C1=C2O. The Bertz CT molecular complexity index is 1460. The zero-order chi connectivity index (χ0) is 30.0. The number of hydrogen-bond donors (Lipinski definition) is 6. The predicted octanol–water partition coefficient (Wildman–Crippen LogP) is 0.202. The van der Waals surface area contributed by atoms with E-state index in [4.69, 9.17) is 5.73 Å². The van der Waals surface area contributed by atoms with E-state index in [1.165, 1.54) is 0 Å². The van der Waals surface area contributed by atoms with Gasteiger partial charge in [0.25, 0.3) is 0 Å². The number of likely N-dealkylation sites (N-methyl/N-ethyl adjacent to an activating group) is 1. The number of nitrogens with two attached hydrogens (primary N) is 1. The van der Waals surface area contributed by atoms with Gasteiger partial charge < -0.3 is 41.3 Å². The van der Waals surface area contributed by atoms with Crippen molar-refractivity contribution in [3.8, 4) is 5.75 Å². The molecule has 6 atom stereocenters. The maximum atomic E-state index is 14.1. The van der Waals surface area contributed by atoms with Crippen LogP contribution in [0.25, 0.3) is 5.76 Å². The number of phenolic OH excluding ortho intramolecular Hbond substituents is 1. The largest absolute Gasteiger partial charge is 0.507 e. The number of Topliss-reactive ketones (excluding diaryl/α,β-unsaturated/α-hetero) is 2. The second-order valence-electron chi connectivity index (χ2n) is 11.5. The Balaban J connectivity index is 1.65. The van der Waals surface area contributed by atoms with E-state index >= 15 is 0 Å². The van der Waals surface area contributed by atoms with Gasteiger partial charge in [0.05, 0.1) is 17.4 Å². The number of rotatable bonds is 6.